The van der Waals surface area contributed by atoms with Gasteiger partial charge >= 0.3 is 0 Å². The summed E-state index contributed by atoms with van der Waals surface area (Å²) in [6.45, 7) is 4.45. The van der Waals surface area contributed by atoms with E-state index in [1.54, 1.807) is 6.20 Å². The van der Waals surface area contributed by atoms with E-state index in [1.807, 2.05) is 13.8 Å². The van der Waals surface area contributed by atoms with Gasteiger partial charge in [0.05, 0.1) is 0 Å². The molecule has 0 aliphatic heterocycles. The van der Waals surface area contributed by atoms with Gasteiger partial charge in [-0.25, -0.2) is 9.97 Å². The van der Waals surface area contributed by atoms with E-state index in [0.29, 0.717) is 24.5 Å². The van der Waals surface area contributed by atoms with Gasteiger partial charge in [0.2, 0.25) is 5.91 Å². The van der Waals surface area contributed by atoms with Crippen molar-refractivity contribution in [2.45, 2.75) is 32.7 Å². The van der Waals surface area contributed by atoms with Crippen molar-refractivity contribution in [3.8, 4) is 0 Å². The molecule has 0 bridgehead atoms. The average Bonchev–Trinajstić information content (AvgIpc) is 2.38. The molecule has 1 heterocycles. The molecule has 0 radical (unpaired) electrons. The van der Waals surface area contributed by atoms with Crippen LogP contribution in [0, 0.1) is 0 Å². The van der Waals surface area contributed by atoms with E-state index >= 15 is 0 Å². The molecule has 4 N–H and O–H groups in total. The lowest BCUT2D eigenvalue weighted by molar-refractivity contribution is -0.121. The van der Waals surface area contributed by atoms with Crippen LogP contribution in [0.2, 0.25) is 0 Å². The largest absolute Gasteiger partial charge is 0.388 e. The van der Waals surface area contributed by atoms with Crippen molar-refractivity contribution in [3.63, 3.8) is 0 Å². The van der Waals surface area contributed by atoms with Gasteiger partial charge < -0.3 is 16.4 Å². The van der Waals surface area contributed by atoms with Crippen molar-refractivity contribution in [3.05, 3.63) is 18.1 Å². The van der Waals surface area contributed by atoms with Crippen LogP contribution < -0.4 is 16.4 Å². The lowest BCUT2D eigenvalue weighted by atomic mass is 10.2. The average molecular weight is 281 g/mol. The van der Waals surface area contributed by atoms with Crippen molar-refractivity contribution in [1.82, 2.24) is 15.3 Å². The lowest BCUT2D eigenvalue weighted by Crippen LogP contribution is -2.33. The third kappa shape index (κ3) is 5.17. The van der Waals surface area contributed by atoms with Gasteiger partial charge in [0, 0.05) is 31.4 Å². The van der Waals surface area contributed by atoms with Crippen LogP contribution in [0.25, 0.3) is 0 Å². The molecule has 0 saturated heterocycles. The Balaban J connectivity index is 2.45. The number of anilines is 1. The van der Waals surface area contributed by atoms with Crippen LogP contribution >= 0.6 is 12.2 Å². The first kappa shape index (κ1) is 15.3. The predicted molar refractivity (Wildman–Crippen MR) is 78.9 cm³/mol. The number of hydrogen-bond acceptors (Lipinski definition) is 5. The van der Waals surface area contributed by atoms with E-state index in [0.717, 1.165) is 6.42 Å². The zero-order chi connectivity index (χ0) is 14.3. The van der Waals surface area contributed by atoms with Gasteiger partial charge in [0.1, 0.15) is 10.7 Å². The van der Waals surface area contributed by atoms with Crippen molar-refractivity contribution in [2.75, 3.05) is 11.9 Å². The SMILES string of the molecule is CCC(C)NC(=O)CCNc1nccnc1C(N)=S. The Morgan fingerprint density at radius 2 is 2.16 bits per heavy atom. The van der Waals surface area contributed by atoms with Gasteiger partial charge in [-0.3, -0.25) is 4.79 Å². The van der Waals surface area contributed by atoms with Gasteiger partial charge in [-0.2, -0.15) is 0 Å². The number of nitrogens with zero attached hydrogens (tertiary/aromatic N) is 2. The normalized spacial score (nSPS) is 11.7. The maximum absolute atomic E-state index is 11.6. The molecule has 0 saturated carbocycles. The summed E-state index contributed by atoms with van der Waals surface area (Å²) in [7, 11) is 0. The van der Waals surface area contributed by atoms with Crippen molar-refractivity contribution >= 4 is 28.9 Å². The van der Waals surface area contributed by atoms with E-state index in [4.69, 9.17) is 18.0 Å². The Labute approximate surface area is 118 Å². The molecule has 1 atom stereocenters. The minimum absolute atomic E-state index is 0.00242. The molecule has 1 amide bonds. The predicted octanol–water partition coefficient (Wildman–Crippen LogP) is 0.827. The van der Waals surface area contributed by atoms with E-state index in [-0.39, 0.29) is 16.9 Å². The Morgan fingerprint density at radius 1 is 1.47 bits per heavy atom. The highest BCUT2D eigenvalue weighted by Gasteiger charge is 2.09. The first-order chi connectivity index (χ1) is 9.04. The summed E-state index contributed by atoms with van der Waals surface area (Å²) in [6, 6.07) is 0.191. The monoisotopic (exact) mass is 281 g/mol. The zero-order valence-corrected chi connectivity index (χ0v) is 12.0. The Morgan fingerprint density at radius 3 is 2.79 bits per heavy atom. The van der Waals surface area contributed by atoms with Crippen molar-refractivity contribution < 1.29 is 4.79 Å². The number of hydrogen-bond donors (Lipinski definition) is 3. The molecule has 1 aromatic heterocycles. The molecule has 0 aromatic carbocycles. The Kier molecular flexibility index (Phi) is 6.14. The highest BCUT2D eigenvalue weighted by molar-refractivity contribution is 7.80. The summed E-state index contributed by atoms with van der Waals surface area (Å²) in [5, 5.41) is 5.90. The van der Waals surface area contributed by atoms with Crippen LogP contribution in [-0.2, 0) is 4.79 Å². The summed E-state index contributed by atoms with van der Waals surface area (Å²) in [5.74, 6) is 0.508. The Hall–Kier alpha value is -1.76. The van der Waals surface area contributed by atoms with Crippen LogP contribution in [0.5, 0.6) is 0 Å². The number of amides is 1. The van der Waals surface area contributed by atoms with Gasteiger partial charge in [-0.05, 0) is 13.3 Å². The highest BCUT2D eigenvalue weighted by atomic mass is 32.1. The van der Waals surface area contributed by atoms with E-state index in [1.165, 1.54) is 6.20 Å². The van der Waals surface area contributed by atoms with E-state index < -0.39 is 0 Å². The number of rotatable bonds is 7. The number of nitrogens with one attached hydrogen (secondary N) is 2. The molecule has 0 spiro atoms. The maximum Gasteiger partial charge on any atom is 0.221 e. The standard InChI is InChI=1S/C12H19N5OS/c1-3-8(2)17-9(18)4-5-15-12-10(11(13)19)14-6-7-16-12/h6-8H,3-5H2,1-2H3,(H2,13,19)(H,15,16)(H,17,18). The molecular formula is C12H19N5OS. The molecule has 0 aliphatic rings. The summed E-state index contributed by atoms with van der Waals surface area (Å²) in [5.41, 5.74) is 5.98. The van der Waals surface area contributed by atoms with Crippen LogP contribution in [0.1, 0.15) is 32.4 Å². The number of aromatic nitrogens is 2. The topological polar surface area (TPSA) is 92.9 Å². The fraction of sp³-hybridized carbons (Fsp3) is 0.500. The lowest BCUT2D eigenvalue weighted by Gasteiger charge is -2.12. The zero-order valence-electron chi connectivity index (χ0n) is 11.1. The third-order valence-electron chi connectivity index (χ3n) is 2.60. The summed E-state index contributed by atoms with van der Waals surface area (Å²) >= 11 is 4.88. The van der Waals surface area contributed by atoms with Crippen LogP contribution in [0.4, 0.5) is 5.82 Å². The number of thiocarbonyl (C=S) groups is 1. The number of nitrogens with two attached hydrogens (primary N) is 1. The molecule has 0 aliphatic carbocycles. The molecule has 19 heavy (non-hydrogen) atoms. The maximum atomic E-state index is 11.6. The number of carbonyl (C=O) groups is 1. The van der Waals surface area contributed by atoms with Gasteiger partial charge in [-0.1, -0.05) is 19.1 Å². The molecule has 6 nitrogen and oxygen atoms in total. The molecule has 104 valence electrons. The second-order valence-electron chi connectivity index (χ2n) is 4.17. The van der Waals surface area contributed by atoms with Gasteiger partial charge in [0.25, 0.3) is 0 Å². The smallest absolute Gasteiger partial charge is 0.221 e. The summed E-state index contributed by atoms with van der Waals surface area (Å²) in [6.07, 6.45) is 4.34. The van der Waals surface area contributed by atoms with Gasteiger partial charge in [-0.15, -0.1) is 0 Å². The summed E-state index contributed by atoms with van der Waals surface area (Å²) in [4.78, 5) is 19.9. The molecule has 1 unspecified atom stereocenters. The summed E-state index contributed by atoms with van der Waals surface area (Å²) < 4.78 is 0. The van der Waals surface area contributed by atoms with Crippen LogP contribution in [0.15, 0.2) is 12.4 Å². The van der Waals surface area contributed by atoms with Crippen LogP contribution in [-0.4, -0.2) is 33.5 Å². The van der Waals surface area contributed by atoms with Crippen LogP contribution in [0.3, 0.4) is 0 Å². The van der Waals surface area contributed by atoms with Gasteiger partial charge in [0.15, 0.2) is 5.82 Å². The number of carbonyl (C=O) groups excluding carboxylic acids is 1. The second kappa shape index (κ2) is 7.63. The quantitative estimate of drug-likeness (QED) is 0.641. The van der Waals surface area contributed by atoms with Crippen molar-refractivity contribution in [2.24, 2.45) is 5.73 Å². The molecular weight excluding hydrogens is 262 g/mol. The Bertz CT molecular complexity index is 452. The van der Waals surface area contributed by atoms with E-state index in [2.05, 4.69) is 20.6 Å². The minimum atomic E-state index is 0.00242. The van der Waals surface area contributed by atoms with E-state index in [9.17, 15) is 4.79 Å². The fourth-order valence-corrected chi connectivity index (χ4v) is 1.54. The fourth-order valence-electron chi connectivity index (χ4n) is 1.39. The first-order valence-electron chi connectivity index (χ1n) is 6.18. The highest BCUT2D eigenvalue weighted by Crippen LogP contribution is 2.07. The molecule has 1 rings (SSSR count). The van der Waals surface area contributed by atoms with Crippen molar-refractivity contribution in [1.29, 1.82) is 0 Å². The second-order valence-corrected chi connectivity index (χ2v) is 4.61. The minimum Gasteiger partial charge on any atom is -0.388 e. The third-order valence-corrected chi connectivity index (χ3v) is 2.79. The molecule has 7 heteroatoms. The molecule has 0 fully saturated rings. The first-order valence-corrected chi connectivity index (χ1v) is 6.59. The molecule has 1 aromatic rings.